The maximum atomic E-state index is 12.0. The molecule has 0 heterocycles. The monoisotopic (exact) mass is 348 g/mol. The number of benzene rings is 2. The van der Waals surface area contributed by atoms with E-state index in [4.69, 9.17) is 5.26 Å². The van der Waals surface area contributed by atoms with Crippen LogP contribution in [0.2, 0.25) is 0 Å². The highest BCUT2D eigenvalue weighted by Gasteiger charge is 2.08. The van der Waals surface area contributed by atoms with Gasteiger partial charge in [0.15, 0.2) is 0 Å². The van der Waals surface area contributed by atoms with Crippen LogP contribution in [0, 0.1) is 25.2 Å². The molecule has 0 saturated carbocycles. The van der Waals surface area contributed by atoms with Crippen molar-refractivity contribution in [2.24, 2.45) is 5.10 Å². The Morgan fingerprint density at radius 1 is 1.08 bits per heavy atom. The minimum Gasteiger partial charge on any atom is -0.326 e. The lowest BCUT2D eigenvalue weighted by Crippen LogP contribution is -2.20. The second-order valence-corrected chi connectivity index (χ2v) is 5.89. The zero-order valence-corrected chi connectivity index (χ0v) is 14.7. The fourth-order valence-corrected chi connectivity index (χ4v) is 2.19. The van der Waals surface area contributed by atoms with E-state index < -0.39 is 0 Å². The smallest absolute Gasteiger partial charge is 0.240 e. The van der Waals surface area contributed by atoms with E-state index in [1.807, 2.05) is 38.1 Å². The highest BCUT2D eigenvalue weighted by molar-refractivity contribution is 5.94. The van der Waals surface area contributed by atoms with Gasteiger partial charge in [-0.05, 0) is 48.7 Å². The van der Waals surface area contributed by atoms with E-state index >= 15 is 0 Å². The first-order valence-electron chi connectivity index (χ1n) is 8.17. The third kappa shape index (κ3) is 5.87. The highest BCUT2D eigenvalue weighted by Crippen LogP contribution is 2.16. The Morgan fingerprint density at radius 2 is 1.77 bits per heavy atom. The minimum absolute atomic E-state index is 0.0431. The van der Waals surface area contributed by atoms with Gasteiger partial charge in [-0.2, -0.15) is 10.4 Å². The van der Waals surface area contributed by atoms with Gasteiger partial charge >= 0.3 is 0 Å². The van der Waals surface area contributed by atoms with Crippen LogP contribution in [0.3, 0.4) is 0 Å². The van der Waals surface area contributed by atoms with Gasteiger partial charge in [-0.3, -0.25) is 9.59 Å². The van der Waals surface area contributed by atoms with E-state index in [9.17, 15) is 9.59 Å². The van der Waals surface area contributed by atoms with Crippen molar-refractivity contribution in [2.45, 2.75) is 26.7 Å². The SMILES string of the molecule is Cc1ccc(C)c(NC(=O)CCC(=O)N/N=C/c2ccc(C#N)cc2)c1. The average molecular weight is 348 g/mol. The van der Waals surface area contributed by atoms with Crippen molar-refractivity contribution in [2.75, 3.05) is 5.32 Å². The molecule has 2 N–H and O–H groups in total. The van der Waals surface area contributed by atoms with Gasteiger partial charge in [0, 0.05) is 18.5 Å². The average Bonchev–Trinajstić information content (AvgIpc) is 2.63. The largest absolute Gasteiger partial charge is 0.326 e. The summed E-state index contributed by atoms with van der Waals surface area (Å²) in [5.74, 6) is -0.559. The number of hydrazone groups is 1. The Labute approximate surface area is 152 Å². The second-order valence-electron chi connectivity index (χ2n) is 5.89. The van der Waals surface area contributed by atoms with Gasteiger partial charge in [-0.25, -0.2) is 5.43 Å². The van der Waals surface area contributed by atoms with Gasteiger partial charge in [0.2, 0.25) is 11.8 Å². The van der Waals surface area contributed by atoms with Crippen LogP contribution in [-0.4, -0.2) is 18.0 Å². The summed E-state index contributed by atoms with van der Waals surface area (Å²) >= 11 is 0. The number of nitrogens with one attached hydrogen (secondary N) is 2. The van der Waals surface area contributed by atoms with E-state index in [1.165, 1.54) is 6.21 Å². The molecule has 0 atom stereocenters. The first-order chi connectivity index (χ1) is 12.5. The third-order valence-corrected chi connectivity index (χ3v) is 3.69. The molecular formula is C20H20N4O2. The van der Waals surface area contributed by atoms with Crippen LogP contribution in [0.1, 0.15) is 35.1 Å². The number of nitrogens with zero attached hydrogens (tertiary/aromatic N) is 2. The second kappa shape index (κ2) is 9.14. The van der Waals surface area contributed by atoms with Gasteiger partial charge in [0.1, 0.15) is 0 Å². The Morgan fingerprint density at radius 3 is 2.46 bits per heavy atom. The minimum atomic E-state index is -0.342. The van der Waals surface area contributed by atoms with Crippen molar-refractivity contribution in [1.29, 1.82) is 5.26 Å². The molecule has 2 aromatic rings. The molecule has 0 aromatic heterocycles. The van der Waals surface area contributed by atoms with Crippen molar-refractivity contribution >= 4 is 23.7 Å². The summed E-state index contributed by atoms with van der Waals surface area (Å²) in [4.78, 5) is 23.7. The number of anilines is 1. The van der Waals surface area contributed by atoms with Crippen LogP contribution in [0.4, 0.5) is 5.69 Å². The molecule has 0 unspecified atom stereocenters. The summed E-state index contributed by atoms with van der Waals surface area (Å²) in [6.07, 6.45) is 1.60. The standard InChI is InChI=1S/C20H20N4O2/c1-14-3-4-15(2)18(11-14)23-19(25)9-10-20(26)24-22-13-17-7-5-16(12-21)6-8-17/h3-8,11,13H,9-10H2,1-2H3,(H,23,25)(H,24,26)/b22-13+. The van der Waals surface area contributed by atoms with Gasteiger partial charge in [0.05, 0.1) is 17.8 Å². The molecule has 0 aliphatic carbocycles. The van der Waals surface area contributed by atoms with E-state index in [0.29, 0.717) is 5.56 Å². The summed E-state index contributed by atoms with van der Waals surface area (Å²) in [6, 6.07) is 14.6. The molecule has 2 rings (SSSR count). The molecule has 0 bridgehead atoms. The zero-order chi connectivity index (χ0) is 18.9. The number of carbonyl (C=O) groups excluding carboxylic acids is 2. The van der Waals surface area contributed by atoms with Crippen molar-refractivity contribution in [3.05, 3.63) is 64.7 Å². The summed E-state index contributed by atoms with van der Waals surface area (Å²) < 4.78 is 0. The van der Waals surface area contributed by atoms with Gasteiger partial charge in [-0.1, -0.05) is 24.3 Å². The van der Waals surface area contributed by atoms with Gasteiger partial charge < -0.3 is 5.32 Å². The van der Waals surface area contributed by atoms with E-state index in [0.717, 1.165) is 22.4 Å². The normalized spacial score (nSPS) is 10.3. The molecule has 0 fully saturated rings. The summed E-state index contributed by atoms with van der Waals surface area (Å²) in [5.41, 5.74) is 6.49. The van der Waals surface area contributed by atoms with E-state index in [2.05, 4.69) is 15.8 Å². The molecule has 2 amide bonds. The first-order valence-corrected chi connectivity index (χ1v) is 8.17. The number of rotatable bonds is 6. The lowest BCUT2D eigenvalue weighted by Gasteiger charge is -2.09. The maximum absolute atomic E-state index is 12.0. The topological polar surface area (TPSA) is 94.3 Å². The molecule has 132 valence electrons. The number of aryl methyl sites for hydroxylation is 2. The van der Waals surface area contributed by atoms with Crippen molar-refractivity contribution in [1.82, 2.24) is 5.43 Å². The molecule has 0 aliphatic heterocycles. The van der Waals surface area contributed by atoms with Crippen LogP contribution < -0.4 is 10.7 Å². The fraction of sp³-hybridized carbons (Fsp3) is 0.200. The predicted molar refractivity (Wildman–Crippen MR) is 101 cm³/mol. The molecule has 2 aromatic carbocycles. The van der Waals surface area contributed by atoms with Crippen molar-refractivity contribution in [3.63, 3.8) is 0 Å². The third-order valence-electron chi connectivity index (χ3n) is 3.69. The lowest BCUT2D eigenvalue weighted by atomic mass is 10.1. The van der Waals surface area contributed by atoms with Crippen LogP contribution in [-0.2, 0) is 9.59 Å². The molecule has 6 nitrogen and oxygen atoms in total. The Bertz CT molecular complexity index is 864. The summed E-state index contributed by atoms with van der Waals surface area (Å²) in [7, 11) is 0. The molecule has 0 spiro atoms. The van der Waals surface area contributed by atoms with E-state index in [1.54, 1.807) is 24.3 Å². The first kappa shape index (κ1) is 18.9. The van der Waals surface area contributed by atoms with E-state index in [-0.39, 0.29) is 24.7 Å². The Kier molecular flexibility index (Phi) is 6.63. The molecule has 26 heavy (non-hydrogen) atoms. The van der Waals surface area contributed by atoms with Crippen LogP contribution in [0.15, 0.2) is 47.6 Å². The molecule has 6 heteroatoms. The molecule has 0 radical (unpaired) electrons. The van der Waals surface area contributed by atoms with Crippen LogP contribution in [0.5, 0.6) is 0 Å². The van der Waals surface area contributed by atoms with Crippen LogP contribution in [0.25, 0.3) is 0 Å². The van der Waals surface area contributed by atoms with Gasteiger partial charge in [0.25, 0.3) is 0 Å². The fourth-order valence-electron chi connectivity index (χ4n) is 2.19. The van der Waals surface area contributed by atoms with Gasteiger partial charge in [-0.15, -0.1) is 0 Å². The quantitative estimate of drug-likeness (QED) is 0.620. The molecular weight excluding hydrogens is 328 g/mol. The number of hydrogen-bond acceptors (Lipinski definition) is 4. The Hall–Kier alpha value is -3.46. The summed E-state index contributed by atoms with van der Waals surface area (Å²) in [6.45, 7) is 3.87. The van der Waals surface area contributed by atoms with Crippen molar-refractivity contribution in [3.8, 4) is 6.07 Å². The highest BCUT2D eigenvalue weighted by atomic mass is 16.2. The summed E-state index contributed by atoms with van der Waals surface area (Å²) in [5, 5.41) is 15.4. The predicted octanol–water partition coefficient (Wildman–Crippen LogP) is 3.04. The molecule has 0 saturated heterocycles. The lowest BCUT2D eigenvalue weighted by molar-refractivity contribution is -0.124. The molecule has 0 aliphatic rings. The number of hydrogen-bond donors (Lipinski definition) is 2. The number of nitriles is 1. The maximum Gasteiger partial charge on any atom is 0.240 e. The zero-order valence-electron chi connectivity index (χ0n) is 14.7. The Balaban J connectivity index is 1.77. The number of carbonyl (C=O) groups is 2. The van der Waals surface area contributed by atoms with Crippen LogP contribution >= 0.6 is 0 Å². The number of amides is 2. The van der Waals surface area contributed by atoms with Crippen molar-refractivity contribution < 1.29 is 9.59 Å².